The summed E-state index contributed by atoms with van der Waals surface area (Å²) in [6.07, 6.45) is 0.195. The molecule has 20 heavy (non-hydrogen) atoms. The fraction of sp³-hybridized carbons (Fsp3) is 0.333. The van der Waals surface area contributed by atoms with E-state index in [-0.39, 0.29) is 12.4 Å². The van der Waals surface area contributed by atoms with E-state index in [0.29, 0.717) is 18.1 Å². The minimum Gasteiger partial charge on any atom is -0.507 e. The molecule has 2 rings (SSSR count). The number of ether oxygens (including phenoxy) is 1. The average molecular weight is 291 g/mol. The molecule has 1 aromatic heterocycles. The molecule has 0 atom stereocenters. The fourth-order valence-electron chi connectivity index (χ4n) is 1.96. The number of aromatic hydroxyl groups is 1. The van der Waals surface area contributed by atoms with E-state index in [2.05, 4.69) is 4.98 Å². The lowest BCUT2D eigenvalue weighted by Gasteiger charge is -2.05. The van der Waals surface area contributed by atoms with Gasteiger partial charge in [-0.25, -0.2) is 4.98 Å². The van der Waals surface area contributed by atoms with E-state index >= 15 is 0 Å². The number of benzene rings is 1. The van der Waals surface area contributed by atoms with Gasteiger partial charge in [-0.15, -0.1) is 11.3 Å². The van der Waals surface area contributed by atoms with Crippen molar-refractivity contribution in [1.82, 2.24) is 4.98 Å². The van der Waals surface area contributed by atoms with Crippen molar-refractivity contribution in [1.29, 1.82) is 0 Å². The maximum Gasteiger partial charge on any atom is 0.311 e. The van der Waals surface area contributed by atoms with Crippen molar-refractivity contribution in [2.24, 2.45) is 0 Å². The van der Waals surface area contributed by atoms with Gasteiger partial charge in [0.05, 0.1) is 18.7 Å². The van der Waals surface area contributed by atoms with Gasteiger partial charge in [-0.3, -0.25) is 4.79 Å². The van der Waals surface area contributed by atoms with Crippen LogP contribution < -0.4 is 0 Å². The Labute approximate surface area is 122 Å². The molecule has 2 aromatic rings. The summed E-state index contributed by atoms with van der Waals surface area (Å²) in [6.45, 7) is 5.89. The summed E-state index contributed by atoms with van der Waals surface area (Å²) in [5.41, 5.74) is 3.31. The molecule has 0 aliphatic rings. The van der Waals surface area contributed by atoms with E-state index in [1.54, 1.807) is 6.92 Å². The molecular formula is C15H17NO3S. The number of nitrogens with zero attached hydrogens (tertiary/aromatic N) is 1. The van der Waals surface area contributed by atoms with Gasteiger partial charge in [-0.1, -0.05) is 0 Å². The maximum absolute atomic E-state index is 11.4. The zero-order valence-corrected chi connectivity index (χ0v) is 12.6. The zero-order valence-electron chi connectivity index (χ0n) is 11.8. The van der Waals surface area contributed by atoms with Crippen LogP contribution >= 0.6 is 11.3 Å². The molecule has 0 fully saturated rings. The SMILES string of the molecule is CCOC(=O)Cc1csc(-c2cc(C)c(O)c(C)c2)n1. The van der Waals surface area contributed by atoms with Crippen LogP contribution in [0.2, 0.25) is 0 Å². The van der Waals surface area contributed by atoms with Gasteiger partial charge in [0, 0.05) is 10.9 Å². The highest BCUT2D eigenvalue weighted by atomic mass is 32.1. The van der Waals surface area contributed by atoms with E-state index in [4.69, 9.17) is 4.74 Å². The number of thiazole rings is 1. The summed E-state index contributed by atoms with van der Waals surface area (Å²) in [7, 11) is 0. The average Bonchev–Trinajstić information content (AvgIpc) is 2.84. The molecule has 0 spiro atoms. The summed E-state index contributed by atoms with van der Waals surface area (Å²) < 4.78 is 4.91. The number of aromatic nitrogens is 1. The van der Waals surface area contributed by atoms with E-state index in [1.807, 2.05) is 31.4 Å². The number of esters is 1. The predicted molar refractivity (Wildman–Crippen MR) is 79.0 cm³/mol. The summed E-state index contributed by atoms with van der Waals surface area (Å²) >= 11 is 1.49. The first-order valence-corrected chi connectivity index (χ1v) is 7.29. The number of aryl methyl sites for hydroxylation is 2. The van der Waals surface area contributed by atoms with E-state index in [0.717, 1.165) is 21.7 Å². The number of phenols is 1. The molecule has 0 radical (unpaired) electrons. The molecule has 0 saturated carbocycles. The second kappa shape index (κ2) is 6.05. The first-order valence-electron chi connectivity index (χ1n) is 6.42. The van der Waals surface area contributed by atoms with Crippen LogP contribution in [-0.2, 0) is 16.0 Å². The highest BCUT2D eigenvalue weighted by Crippen LogP contribution is 2.30. The zero-order chi connectivity index (χ0) is 14.7. The van der Waals surface area contributed by atoms with Crippen molar-refractivity contribution in [3.05, 3.63) is 34.3 Å². The van der Waals surface area contributed by atoms with Gasteiger partial charge in [0.1, 0.15) is 10.8 Å². The lowest BCUT2D eigenvalue weighted by atomic mass is 10.1. The molecular weight excluding hydrogens is 274 g/mol. The van der Waals surface area contributed by atoms with Gasteiger partial charge in [-0.2, -0.15) is 0 Å². The number of hydrogen-bond donors (Lipinski definition) is 1. The van der Waals surface area contributed by atoms with Crippen LogP contribution in [0.4, 0.5) is 0 Å². The van der Waals surface area contributed by atoms with Crippen LogP contribution in [0, 0.1) is 13.8 Å². The van der Waals surface area contributed by atoms with E-state index < -0.39 is 0 Å². The van der Waals surface area contributed by atoms with Gasteiger partial charge < -0.3 is 9.84 Å². The third kappa shape index (κ3) is 3.17. The molecule has 0 unspecified atom stereocenters. The Morgan fingerprint density at radius 3 is 2.60 bits per heavy atom. The third-order valence-electron chi connectivity index (χ3n) is 2.92. The van der Waals surface area contributed by atoms with Crippen LogP contribution in [0.25, 0.3) is 10.6 Å². The topological polar surface area (TPSA) is 59.4 Å². The number of carbonyl (C=O) groups excluding carboxylic acids is 1. The second-order valence-corrected chi connectivity index (χ2v) is 5.44. The Kier molecular flexibility index (Phi) is 4.39. The molecule has 1 N–H and O–H groups in total. The third-order valence-corrected chi connectivity index (χ3v) is 3.86. The molecule has 5 heteroatoms. The molecule has 0 bridgehead atoms. The predicted octanol–water partition coefficient (Wildman–Crippen LogP) is 3.24. The lowest BCUT2D eigenvalue weighted by molar-refractivity contribution is -0.142. The van der Waals surface area contributed by atoms with Gasteiger partial charge in [0.25, 0.3) is 0 Å². The standard InChI is InChI=1S/C15H17NO3S/c1-4-19-13(17)7-12-8-20-15(16-12)11-5-9(2)14(18)10(3)6-11/h5-6,8,18H,4,7H2,1-3H3. The molecule has 0 amide bonds. The Morgan fingerprint density at radius 2 is 2.00 bits per heavy atom. The number of phenolic OH excluding ortho intramolecular Hbond substituents is 1. The molecule has 4 nitrogen and oxygen atoms in total. The van der Waals surface area contributed by atoms with E-state index in [9.17, 15) is 9.90 Å². The molecule has 0 saturated heterocycles. The van der Waals surface area contributed by atoms with Crippen LogP contribution in [0.1, 0.15) is 23.7 Å². The Balaban J connectivity index is 2.22. The van der Waals surface area contributed by atoms with Crippen molar-refractivity contribution in [2.45, 2.75) is 27.2 Å². The van der Waals surface area contributed by atoms with Crippen molar-refractivity contribution >= 4 is 17.3 Å². The Morgan fingerprint density at radius 1 is 1.35 bits per heavy atom. The van der Waals surface area contributed by atoms with Gasteiger partial charge >= 0.3 is 5.97 Å². The van der Waals surface area contributed by atoms with Crippen LogP contribution in [0.3, 0.4) is 0 Å². The summed E-state index contributed by atoms with van der Waals surface area (Å²) in [5.74, 6) is 0.0551. The fourth-order valence-corrected chi connectivity index (χ4v) is 2.77. The first-order chi connectivity index (χ1) is 9.51. The maximum atomic E-state index is 11.4. The minimum atomic E-state index is -0.262. The van der Waals surface area contributed by atoms with Gasteiger partial charge in [0.15, 0.2) is 0 Å². The van der Waals surface area contributed by atoms with Gasteiger partial charge in [0.2, 0.25) is 0 Å². The highest BCUT2D eigenvalue weighted by molar-refractivity contribution is 7.13. The normalized spacial score (nSPS) is 10.6. The number of rotatable bonds is 4. The van der Waals surface area contributed by atoms with Crippen molar-refractivity contribution in [3.8, 4) is 16.3 Å². The lowest BCUT2D eigenvalue weighted by Crippen LogP contribution is -2.07. The van der Waals surface area contributed by atoms with Crippen molar-refractivity contribution < 1.29 is 14.6 Å². The highest BCUT2D eigenvalue weighted by Gasteiger charge is 2.11. The number of hydrogen-bond acceptors (Lipinski definition) is 5. The number of carbonyl (C=O) groups is 1. The molecule has 0 aliphatic carbocycles. The minimum absolute atomic E-state index is 0.195. The van der Waals surface area contributed by atoms with Crippen molar-refractivity contribution in [2.75, 3.05) is 6.61 Å². The summed E-state index contributed by atoms with van der Waals surface area (Å²) in [6, 6.07) is 3.80. The van der Waals surface area contributed by atoms with Gasteiger partial charge in [-0.05, 0) is 44.0 Å². The Bertz CT molecular complexity index is 611. The van der Waals surface area contributed by atoms with Crippen molar-refractivity contribution in [3.63, 3.8) is 0 Å². The quantitative estimate of drug-likeness (QED) is 0.879. The largest absolute Gasteiger partial charge is 0.507 e. The molecule has 106 valence electrons. The van der Waals surface area contributed by atoms with Crippen LogP contribution in [0.5, 0.6) is 5.75 Å². The van der Waals surface area contributed by atoms with E-state index in [1.165, 1.54) is 11.3 Å². The monoisotopic (exact) mass is 291 g/mol. The molecule has 1 aromatic carbocycles. The molecule has 1 heterocycles. The van der Waals surface area contributed by atoms with Crippen LogP contribution in [-0.4, -0.2) is 22.7 Å². The van der Waals surface area contributed by atoms with Crippen LogP contribution in [0.15, 0.2) is 17.5 Å². The Hall–Kier alpha value is -1.88. The summed E-state index contributed by atoms with van der Waals surface area (Å²) in [5, 5.41) is 12.5. The smallest absolute Gasteiger partial charge is 0.311 e. The summed E-state index contributed by atoms with van der Waals surface area (Å²) in [4.78, 5) is 15.9. The first kappa shape index (κ1) is 14.5. The molecule has 0 aliphatic heterocycles. The second-order valence-electron chi connectivity index (χ2n) is 4.58.